The maximum absolute atomic E-state index is 11.6. The van der Waals surface area contributed by atoms with Crippen LogP contribution < -0.4 is 0 Å². The van der Waals surface area contributed by atoms with Crippen molar-refractivity contribution < 1.29 is 9.53 Å². The minimum Gasteiger partial charge on any atom is -0.457 e. The molecule has 0 aromatic heterocycles. The fourth-order valence-corrected chi connectivity index (χ4v) is 2.31. The summed E-state index contributed by atoms with van der Waals surface area (Å²) < 4.78 is 5.78. The van der Waals surface area contributed by atoms with E-state index < -0.39 is 0 Å². The molecule has 0 heterocycles. The minimum absolute atomic E-state index is 0.118. The van der Waals surface area contributed by atoms with E-state index in [0.29, 0.717) is 4.38 Å². The number of thiol groups is 1. The van der Waals surface area contributed by atoms with Crippen molar-refractivity contribution >= 4 is 46.2 Å². The number of nitrogens with zero attached hydrogens (tertiary/aromatic N) is 1. The SMILES string of the molecule is CSC(=S)OCN(C(=O)S)C1=C(C)C=CCC1C. The van der Waals surface area contributed by atoms with Gasteiger partial charge in [-0.15, -0.1) is 0 Å². The summed E-state index contributed by atoms with van der Waals surface area (Å²) in [7, 11) is 0. The number of hydrogen-bond acceptors (Lipinski definition) is 4. The first-order valence-corrected chi connectivity index (χ1v) is 7.64. The Morgan fingerprint density at radius 3 is 2.89 bits per heavy atom. The molecular weight excluding hydrogens is 286 g/mol. The van der Waals surface area contributed by atoms with Crippen molar-refractivity contribution in [3.63, 3.8) is 0 Å². The summed E-state index contributed by atoms with van der Waals surface area (Å²) in [5, 5.41) is -0.324. The average Bonchev–Trinajstić information content (AvgIpc) is 2.31. The van der Waals surface area contributed by atoms with Crippen LogP contribution in [0.25, 0.3) is 0 Å². The standard InChI is InChI=1S/C12H17NO2S3/c1-8-5-4-6-9(2)10(8)13(11(14)16)7-15-12(17)18-3/h4-5,9H,6-7H2,1-3H3,(H,14,16). The third-order valence-corrected chi connectivity index (χ3v) is 4.04. The van der Waals surface area contributed by atoms with Gasteiger partial charge < -0.3 is 4.74 Å². The Kier molecular flexibility index (Phi) is 6.25. The molecule has 100 valence electrons. The minimum atomic E-state index is -0.324. The lowest BCUT2D eigenvalue weighted by Crippen LogP contribution is -2.33. The topological polar surface area (TPSA) is 29.5 Å². The van der Waals surface area contributed by atoms with Gasteiger partial charge in [0.05, 0.1) is 0 Å². The zero-order valence-corrected chi connectivity index (χ0v) is 13.2. The summed E-state index contributed by atoms with van der Waals surface area (Å²) in [6, 6.07) is 0. The van der Waals surface area contributed by atoms with E-state index in [1.165, 1.54) is 16.7 Å². The Balaban J connectivity index is 2.87. The van der Waals surface area contributed by atoms with Gasteiger partial charge in [0.2, 0.25) is 4.38 Å². The molecule has 0 fully saturated rings. The van der Waals surface area contributed by atoms with Crippen LogP contribution in [0.3, 0.4) is 0 Å². The molecule has 0 bridgehead atoms. The van der Waals surface area contributed by atoms with Crippen LogP contribution in [0.5, 0.6) is 0 Å². The van der Waals surface area contributed by atoms with E-state index in [1.807, 2.05) is 19.3 Å². The number of rotatable bonds is 3. The van der Waals surface area contributed by atoms with Crippen molar-refractivity contribution in [1.29, 1.82) is 0 Å². The zero-order valence-electron chi connectivity index (χ0n) is 10.7. The lowest BCUT2D eigenvalue weighted by Gasteiger charge is -2.30. The fraction of sp³-hybridized carbons (Fsp3) is 0.500. The predicted octanol–water partition coefficient (Wildman–Crippen LogP) is 3.83. The van der Waals surface area contributed by atoms with Crippen LogP contribution in [0.15, 0.2) is 23.4 Å². The normalized spacial score (nSPS) is 18.8. The van der Waals surface area contributed by atoms with E-state index in [0.717, 1.165) is 17.7 Å². The van der Waals surface area contributed by atoms with Crippen LogP contribution in [0, 0.1) is 5.92 Å². The van der Waals surface area contributed by atoms with Crippen LogP contribution in [0.1, 0.15) is 20.3 Å². The summed E-state index contributed by atoms with van der Waals surface area (Å²) in [4.78, 5) is 13.2. The molecule has 0 N–H and O–H groups in total. The second kappa shape index (κ2) is 7.21. The zero-order chi connectivity index (χ0) is 13.7. The van der Waals surface area contributed by atoms with Crippen molar-refractivity contribution in [2.75, 3.05) is 13.0 Å². The maximum Gasteiger partial charge on any atom is 0.285 e. The molecule has 0 aliphatic heterocycles. The summed E-state index contributed by atoms with van der Waals surface area (Å²) >= 11 is 10.2. The molecule has 3 nitrogen and oxygen atoms in total. The molecule has 0 saturated carbocycles. The monoisotopic (exact) mass is 303 g/mol. The molecule has 1 aliphatic carbocycles. The Morgan fingerprint density at radius 1 is 1.72 bits per heavy atom. The largest absolute Gasteiger partial charge is 0.457 e. The van der Waals surface area contributed by atoms with Gasteiger partial charge in [-0.3, -0.25) is 9.69 Å². The van der Waals surface area contributed by atoms with Crippen LogP contribution in [0.4, 0.5) is 4.79 Å². The van der Waals surface area contributed by atoms with Crippen LogP contribution in [-0.2, 0) is 4.74 Å². The van der Waals surface area contributed by atoms with Crippen molar-refractivity contribution in [2.24, 2.45) is 5.92 Å². The summed E-state index contributed by atoms with van der Waals surface area (Å²) in [6.07, 6.45) is 6.88. The van der Waals surface area contributed by atoms with E-state index in [9.17, 15) is 4.79 Å². The Bertz CT molecular complexity index is 404. The highest BCUT2D eigenvalue weighted by Crippen LogP contribution is 2.28. The Morgan fingerprint density at radius 2 is 2.39 bits per heavy atom. The van der Waals surface area contributed by atoms with E-state index >= 15 is 0 Å². The molecule has 6 heteroatoms. The smallest absolute Gasteiger partial charge is 0.285 e. The number of ether oxygens (including phenoxy) is 1. The van der Waals surface area contributed by atoms with Gasteiger partial charge in [-0.2, -0.15) is 0 Å². The molecule has 0 saturated heterocycles. The van der Waals surface area contributed by atoms with Crippen molar-refractivity contribution in [3.8, 4) is 0 Å². The molecule has 0 aromatic rings. The summed E-state index contributed by atoms with van der Waals surface area (Å²) in [5.41, 5.74) is 2.02. The first kappa shape index (κ1) is 15.6. The van der Waals surface area contributed by atoms with Gasteiger partial charge in [0.25, 0.3) is 5.24 Å². The lowest BCUT2D eigenvalue weighted by atomic mass is 9.93. The molecule has 1 aliphatic rings. The molecule has 1 atom stereocenters. The van der Waals surface area contributed by atoms with Crippen LogP contribution >= 0.6 is 36.6 Å². The Hall–Kier alpha value is -0.460. The molecular formula is C12H17NO2S3. The highest BCUT2D eigenvalue weighted by molar-refractivity contribution is 8.22. The highest BCUT2D eigenvalue weighted by Gasteiger charge is 2.24. The van der Waals surface area contributed by atoms with Gasteiger partial charge in [0, 0.05) is 11.6 Å². The van der Waals surface area contributed by atoms with Crippen molar-refractivity contribution in [3.05, 3.63) is 23.4 Å². The van der Waals surface area contributed by atoms with Crippen molar-refractivity contribution in [2.45, 2.75) is 20.3 Å². The molecule has 1 unspecified atom stereocenters. The third kappa shape index (κ3) is 4.03. The van der Waals surface area contributed by atoms with E-state index in [4.69, 9.17) is 17.0 Å². The number of thiocarbonyl (C=S) groups is 1. The van der Waals surface area contributed by atoms with Gasteiger partial charge >= 0.3 is 0 Å². The average molecular weight is 303 g/mol. The molecule has 1 rings (SSSR count). The second-order valence-electron chi connectivity index (χ2n) is 4.05. The van der Waals surface area contributed by atoms with Gasteiger partial charge in [0.1, 0.15) is 0 Å². The molecule has 1 amide bonds. The predicted molar refractivity (Wildman–Crippen MR) is 83.9 cm³/mol. The first-order chi connectivity index (χ1) is 8.47. The maximum atomic E-state index is 11.6. The number of allylic oxidation sites excluding steroid dienone is 4. The number of thioether (sulfide) groups is 1. The van der Waals surface area contributed by atoms with E-state index in [2.05, 4.69) is 25.6 Å². The third-order valence-electron chi connectivity index (χ3n) is 2.73. The van der Waals surface area contributed by atoms with E-state index in [1.54, 1.807) is 0 Å². The van der Waals surface area contributed by atoms with Gasteiger partial charge in [-0.25, -0.2) is 0 Å². The molecule has 0 spiro atoms. The number of carbonyl (C=O) groups excluding carboxylic acids is 1. The fourth-order valence-electron chi connectivity index (χ4n) is 1.92. The lowest BCUT2D eigenvalue weighted by molar-refractivity contribution is 0.165. The molecule has 18 heavy (non-hydrogen) atoms. The number of amides is 1. The van der Waals surface area contributed by atoms with Crippen LogP contribution in [0.2, 0.25) is 0 Å². The summed E-state index contributed by atoms with van der Waals surface area (Å²) in [5.74, 6) is 0.276. The number of hydrogen-bond donors (Lipinski definition) is 1. The Labute approximate surface area is 123 Å². The van der Waals surface area contributed by atoms with Gasteiger partial charge in [-0.05, 0) is 37.4 Å². The summed E-state index contributed by atoms with van der Waals surface area (Å²) in [6.45, 7) is 4.18. The quantitative estimate of drug-likeness (QED) is 0.487. The van der Waals surface area contributed by atoms with Gasteiger partial charge in [-0.1, -0.05) is 43.5 Å². The van der Waals surface area contributed by atoms with Gasteiger partial charge in [0.15, 0.2) is 6.73 Å². The van der Waals surface area contributed by atoms with Crippen LogP contribution in [-0.4, -0.2) is 27.5 Å². The highest BCUT2D eigenvalue weighted by atomic mass is 32.2. The molecule has 0 radical (unpaired) electrons. The molecule has 0 aromatic carbocycles. The van der Waals surface area contributed by atoms with Crippen molar-refractivity contribution in [1.82, 2.24) is 4.90 Å². The number of carbonyl (C=O) groups is 1. The first-order valence-electron chi connectivity index (χ1n) is 5.55. The van der Waals surface area contributed by atoms with E-state index in [-0.39, 0.29) is 17.9 Å². The second-order valence-corrected chi connectivity index (χ2v) is 5.84.